The lowest BCUT2D eigenvalue weighted by Crippen LogP contribution is -2.22. The summed E-state index contributed by atoms with van der Waals surface area (Å²) in [6, 6.07) is 12.7. The van der Waals surface area contributed by atoms with E-state index in [1.807, 2.05) is 0 Å². The Balaban J connectivity index is 1.39. The summed E-state index contributed by atoms with van der Waals surface area (Å²) in [4.78, 5) is 28.2. The average molecular weight is 435 g/mol. The normalized spacial score (nSPS) is 11.2. The van der Waals surface area contributed by atoms with Crippen molar-refractivity contribution in [3.8, 4) is 22.5 Å². The zero-order chi connectivity index (χ0) is 22.6. The van der Waals surface area contributed by atoms with Crippen LogP contribution >= 0.6 is 0 Å². The average Bonchev–Trinajstić information content (AvgIpc) is 2.83. The summed E-state index contributed by atoms with van der Waals surface area (Å²) in [5.74, 6) is -0.260. The van der Waals surface area contributed by atoms with Gasteiger partial charge in [0.25, 0.3) is 5.91 Å². The largest absolute Gasteiger partial charge is 0.433 e. The first kappa shape index (κ1) is 21.1. The van der Waals surface area contributed by atoms with Crippen LogP contribution in [0.15, 0.2) is 79.5 Å². The van der Waals surface area contributed by atoms with E-state index in [0.29, 0.717) is 28.1 Å². The lowest BCUT2D eigenvalue weighted by atomic mass is 10.1. The maximum atomic E-state index is 12.8. The fourth-order valence-corrected chi connectivity index (χ4v) is 2.97. The maximum absolute atomic E-state index is 12.8. The third-order valence-electron chi connectivity index (χ3n) is 4.63. The molecule has 0 saturated heterocycles. The van der Waals surface area contributed by atoms with E-state index in [1.165, 1.54) is 12.3 Å². The van der Waals surface area contributed by atoms with Crippen molar-refractivity contribution in [2.75, 3.05) is 0 Å². The highest BCUT2D eigenvalue weighted by Crippen LogP contribution is 2.30. The Labute approximate surface area is 181 Å². The fraction of sp³-hybridized carbons (Fsp3) is 0.0870. The van der Waals surface area contributed by atoms with Crippen LogP contribution in [0, 0.1) is 0 Å². The van der Waals surface area contributed by atoms with Crippen molar-refractivity contribution >= 4 is 5.91 Å². The van der Waals surface area contributed by atoms with Crippen LogP contribution in [0.1, 0.15) is 21.6 Å². The number of nitrogens with zero attached hydrogens (tertiary/aromatic N) is 4. The predicted molar refractivity (Wildman–Crippen MR) is 111 cm³/mol. The second-order valence-corrected chi connectivity index (χ2v) is 6.83. The molecular weight excluding hydrogens is 419 g/mol. The molecule has 0 aliphatic heterocycles. The smallest absolute Gasteiger partial charge is 0.348 e. The van der Waals surface area contributed by atoms with Crippen molar-refractivity contribution in [3.05, 3.63) is 96.3 Å². The quantitative estimate of drug-likeness (QED) is 0.498. The van der Waals surface area contributed by atoms with Crippen LogP contribution in [-0.4, -0.2) is 25.8 Å². The number of carbonyl (C=O) groups excluding carboxylic acids is 1. The molecule has 1 N–H and O–H groups in total. The van der Waals surface area contributed by atoms with Crippen molar-refractivity contribution in [3.63, 3.8) is 0 Å². The Bertz CT molecular complexity index is 1210. The van der Waals surface area contributed by atoms with Crippen molar-refractivity contribution in [1.82, 2.24) is 25.3 Å². The lowest BCUT2D eigenvalue weighted by Gasteiger charge is -2.09. The molecule has 9 heteroatoms. The van der Waals surface area contributed by atoms with Crippen molar-refractivity contribution in [2.24, 2.45) is 0 Å². The number of alkyl halides is 3. The molecule has 4 aromatic rings. The van der Waals surface area contributed by atoms with E-state index in [4.69, 9.17) is 0 Å². The number of pyridine rings is 2. The predicted octanol–water partition coefficient (Wildman–Crippen LogP) is 4.55. The Morgan fingerprint density at radius 2 is 1.62 bits per heavy atom. The second kappa shape index (κ2) is 8.93. The summed E-state index contributed by atoms with van der Waals surface area (Å²) < 4.78 is 38.5. The van der Waals surface area contributed by atoms with E-state index in [0.717, 1.165) is 17.8 Å². The number of carbonyl (C=O) groups is 1. The van der Waals surface area contributed by atoms with Crippen LogP contribution < -0.4 is 5.32 Å². The molecule has 0 radical (unpaired) electrons. The molecule has 0 atom stereocenters. The fourth-order valence-electron chi connectivity index (χ4n) is 2.97. The SMILES string of the molecule is O=C(NCc1ccc(-c2ccnc(C(F)(F)F)c2)nc1)c1ccc(-c2cnccn2)cc1. The third-order valence-corrected chi connectivity index (χ3v) is 4.63. The van der Waals surface area contributed by atoms with E-state index in [-0.39, 0.29) is 12.5 Å². The number of benzene rings is 1. The molecule has 6 nitrogen and oxygen atoms in total. The van der Waals surface area contributed by atoms with E-state index < -0.39 is 11.9 Å². The van der Waals surface area contributed by atoms with Gasteiger partial charge in [-0.2, -0.15) is 13.2 Å². The number of rotatable bonds is 5. The van der Waals surface area contributed by atoms with Gasteiger partial charge in [0.05, 0.1) is 17.6 Å². The van der Waals surface area contributed by atoms with Gasteiger partial charge >= 0.3 is 6.18 Å². The Morgan fingerprint density at radius 1 is 0.812 bits per heavy atom. The highest BCUT2D eigenvalue weighted by atomic mass is 19.4. The molecule has 0 saturated carbocycles. The summed E-state index contributed by atoms with van der Waals surface area (Å²) in [5.41, 5.74) is 2.47. The molecule has 0 unspecified atom stereocenters. The van der Waals surface area contributed by atoms with Gasteiger partial charge in [0.1, 0.15) is 5.69 Å². The van der Waals surface area contributed by atoms with E-state index in [1.54, 1.807) is 55.0 Å². The van der Waals surface area contributed by atoms with Gasteiger partial charge in [-0.3, -0.25) is 24.7 Å². The minimum Gasteiger partial charge on any atom is -0.348 e. The molecule has 4 rings (SSSR count). The molecule has 32 heavy (non-hydrogen) atoms. The van der Waals surface area contributed by atoms with Crippen LogP contribution in [0.3, 0.4) is 0 Å². The van der Waals surface area contributed by atoms with Crippen LogP contribution in [0.25, 0.3) is 22.5 Å². The molecule has 0 fully saturated rings. The molecule has 0 aliphatic rings. The molecule has 0 bridgehead atoms. The first-order valence-corrected chi connectivity index (χ1v) is 9.53. The number of hydrogen-bond acceptors (Lipinski definition) is 5. The second-order valence-electron chi connectivity index (χ2n) is 6.83. The first-order valence-electron chi connectivity index (χ1n) is 9.53. The minimum absolute atomic E-state index is 0.224. The van der Waals surface area contributed by atoms with Crippen LogP contribution in [0.4, 0.5) is 13.2 Å². The first-order chi connectivity index (χ1) is 15.4. The van der Waals surface area contributed by atoms with Crippen LogP contribution in [0.2, 0.25) is 0 Å². The highest BCUT2D eigenvalue weighted by Gasteiger charge is 2.32. The molecule has 1 amide bonds. The standard InChI is InChI=1S/C23H16F3N5O/c24-23(25,26)21-11-18(7-8-29-21)19-6-1-15(12-30-19)13-31-22(32)17-4-2-16(3-5-17)20-14-27-9-10-28-20/h1-12,14H,13H2,(H,31,32). The topological polar surface area (TPSA) is 80.7 Å². The number of nitrogens with one attached hydrogen (secondary N) is 1. The van der Waals surface area contributed by atoms with E-state index in [2.05, 4.69) is 25.3 Å². The van der Waals surface area contributed by atoms with Gasteiger partial charge in [0, 0.05) is 48.0 Å². The molecule has 0 spiro atoms. The molecule has 160 valence electrons. The Morgan fingerprint density at radius 3 is 2.28 bits per heavy atom. The van der Waals surface area contributed by atoms with E-state index in [9.17, 15) is 18.0 Å². The van der Waals surface area contributed by atoms with Crippen molar-refractivity contribution in [1.29, 1.82) is 0 Å². The van der Waals surface area contributed by atoms with E-state index >= 15 is 0 Å². The third kappa shape index (κ3) is 4.94. The minimum atomic E-state index is -4.52. The summed E-state index contributed by atoms with van der Waals surface area (Å²) >= 11 is 0. The van der Waals surface area contributed by atoms with Crippen molar-refractivity contribution < 1.29 is 18.0 Å². The molecule has 3 aromatic heterocycles. The molecule has 3 heterocycles. The van der Waals surface area contributed by atoms with Crippen molar-refractivity contribution in [2.45, 2.75) is 12.7 Å². The van der Waals surface area contributed by atoms with Crippen LogP contribution in [-0.2, 0) is 12.7 Å². The van der Waals surface area contributed by atoms with Gasteiger partial charge in [-0.25, -0.2) is 0 Å². The Kier molecular flexibility index (Phi) is 5.89. The van der Waals surface area contributed by atoms with Gasteiger partial charge in [-0.05, 0) is 35.9 Å². The number of hydrogen-bond donors (Lipinski definition) is 1. The monoisotopic (exact) mass is 435 g/mol. The number of halogens is 3. The number of aromatic nitrogens is 4. The summed E-state index contributed by atoms with van der Waals surface area (Å²) in [6.07, 6.45) is 2.92. The molecular formula is C23H16F3N5O. The lowest BCUT2D eigenvalue weighted by molar-refractivity contribution is -0.141. The van der Waals surface area contributed by atoms with Gasteiger partial charge < -0.3 is 5.32 Å². The summed E-state index contributed by atoms with van der Waals surface area (Å²) in [7, 11) is 0. The zero-order valence-corrected chi connectivity index (χ0v) is 16.5. The Hall–Kier alpha value is -4.14. The molecule has 0 aliphatic carbocycles. The van der Waals surface area contributed by atoms with Gasteiger partial charge in [-0.15, -0.1) is 0 Å². The summed E-state index contributed by atoms with van der Waals surface area (Å²) in [5, 5.41) is 2.80. The summed E-state index contributed by atoms with van der Waals surface area (Å²) in [6.45, 7) is 0.224. The van der Waals surface area contributed by atoms with Gasteiger partial charge in [0.2, 0.25) is 0 Å². The van der Waals surface area contributed by atoms with Crippen LogP contribution in [0.5, 0.6) is 0 Å². The maximum Gasteiger partial charge on any atom is 0.433 e. The highest BCUT2D eigenvalue weighted by molar-refractivity contribution is 5.94. The van der Waals surface area contributed by atoms with Gasteiger partial charge in [-0.1, -0.05) is 18.2 Å². The zero-order valence-electron chi connectivity index (χ0n) is 16.5. The number of amides is 1. The molecule has 1 aromatic carbocycles. The van der Waals surface area contributed by atoms with Gasteiger partial charge in [0.15, 0.2) is 0 Å².